The highest BCUT2D eigenvalue weighted by atomic mass is 16.5. The van der Waals surface area contributed by atoms with Gasteiger partial charge in [-0.1, -0.05) is 19.8 Å². The van der Waals surface area contributed by atoms with E-state index in [9.17, 15) is 4.79 Å². The van der Waals surface area contributed by atoms with Gasteiger partial charge in [-0.2, -0.15) is 0 Å². The van der Waals surface area contributed by atoms with Gasteiger partial charge < -0.3 is 14.8 Å². The molecule has 1 aliphatic carbocycles. The highest BCUT2D eigenvalue weighted by molar-refractivity contribution is 5.95. The lowest BCUT2D eigenvalue weighted by atomic mass is 9.88. The molecule has 104 valence electrons. The second-order valence-corrected chi connectivity index (χ2v) is 5.29. The van der Waals surface area contributed by atoms with Gasteiger partial charge in [0, 0.05) is 17.2 Å². The predicted molar refractivity (Wildman–Crippen MR) is 74.8 cm³/mol. The molecule has 4 heteroatoms. The van der Waals surface area contributed by atoms with Crippen molar-refractivity contribution >= 4 is 11.6 Å². The van der Waals surface area contributed by atoms with Crippen molar-refractivity contribution in [3.63, 3.8) is 0 Å². The van der Waals surface area contributed by atoms with Gasteiger partial charge in [-0.3, -0.25) is 4.79 Å². The minimum Gasteiger partial charge on any atom is -0.493 e. The Morgan fingerprint density at radius 2 is 1.79 bits per heavy atom. The molecule has 4 nitrogen and oxygen atoms in total. The zero-order valence-electron chi connectivity index (χ0n) is 11.8. The summed E-state index contributed by atoms with van der Waals surface area (Å²) in [5, 5.41) is 2.98. The molecule has 1 saturated carbocycles. The Labute approximate surface area is 114 Å². The molecule has 1 fully saturated rings. The molecule has 0 bridgehead atoms. The molecule has 0 saturated heterocycles. The monoisotopic (exact) mass is 263 g/mol. The van der Waals surface area contributed by atoms with Gasteiger partial charge in [-0.15, -0.1) is 0 Å². The number of amides is 1. The largest absolute Gasteiger partial charge is 0.493 e. The Morgan fingerprint density at radius 1 is 1.16 bits per heavy atom. The van der Waals surface area contributed by atoms with Crippen LogP contribution in [0.2, 0.25) is 0 Å². The highest BCUT2D eigenvalue weighted by Gasteiger charge is 2.36. The third kappa shape index (κ3) is 2.83. The number of carbonyl (C=O) groups is 1. The van der Waals surface area contributed by atoms with Crippen LogP contribution in [0.3, 0.4) is 0 Å². The van der Waals surface area contributed by atoms with Crippen LogP contribution in [0, 0.1) is 5.41 Å². The number of anilines is 1. The Kier molecular flexibility index (Phi) is 3.98. The van der Waals surface area contributed by atoms with Crippen LogP contribution >= 0.6 is 0 Å². The summed E-state index contributed by atoms with van der Waals surface area (Å²) in [6.07, 6.45) is 4.20. The van der Waals surface area contributed by atoms with E-state index in [1.54, 1.807) is 26.4 Å². The van der Waals surface area contributed by atoms with Gasteiger partial charge in [0.25, 0.3) is 0 Å². The lowest BCUT2D eigenvalue weighted by molar-refractivity contribution is -0.124. The summed E-state index contributed by atoms with van der Waals surface area (Å²) in [6.45, 7) is 2.04. The van der Waals surface area contributed by atoms with Crippen LogP contribution in [0.25, 0.3) is 0 Å². The number of nitrogens with one attached hydrogen (secondary N) is 1. The fourth-order valence-electron chi connectivity index (χ4n) is 2.58. The number of methoxy groups -OCH3 is 2. The number of rotatable bonds is 4. The molecule has 1 amide bonds. The van der Waals surface area contributed by atoms with Crippen LogP contribution in [-0.2, 0) is 4.79 Å². The van der Waals surface area contributed by atoms with Crippen molar-refractivity contribution in [1.29, 1.82) is 0 Å². The quantitative estimate of drug-likeness (QED) is 0.907. The fourth-order valence-corrected chi connectivity index (χ4v) is 2.58. The van der Waals surface area contributed by atoms with Gasteiger partial charge >= 0.3 is 0 Å². The SMILES string of the molecule is COc1ccc(NC(=O)C2(C)CCCC2)cc1OC. The van der Waals surface area contributed by atoms with Crippen molar-refractivity contribution in [2.24, 2.45) is 5.41 Å². The topological polar surface area (TPSA) is 47.6 Å². The van der Waals surface area contributed by atoms with E-state index in [1.165, 1.54) is 0 Å². The fraction of sp³-hybridized carbons (Fsp3) is 0.533. The molecule has 0 aromatic heterocycles. The molecule has 2 rings (SSSR count). The number of carbonyl (C=O) groups excluding carboxylic acids is 1. The van der Waals surface area contributed by atoms with Crippen LogP contribution in [-0.4, -0.2) is 20.1 Å². The van der Waals surface area contributed by atoms with Crippen molar-refractivity contribution < 1.29 is 14.3 Å². The van der Waals surface area contributed by atoms with E-state index in [0.717, 1.165) is 31.4 Å². The second kappa shape index (κ2) is 5.51. The second-order valence-electron chi connectivity index (χ2n) is 5.29. The number of hydrogen-bond acceptors (Lipinski definition) is 3. The third-order valence-electron chi connectivity index (χ3n) is 3.90. The van der Waals surface area contributed by atoms with E-state index in [1.807, 2.05) is 13.0 Å². The van der Waals surface area contributed by atoms with Crippen molar-refractivity contribution in [2.75, 3.05) is 19.5 Å². The first-order chi connectivity index (χ1) is 9.09. The van der Waals surface area contributed by atoms with Crippen LogP contribution < -0.4 is 14.8 Å². The van der Waals surface area contributed by atoms with E-state index in [2.05, 4.69) is 5.32 Å². The average Bonchev–Trinajstić information content (AvgIpc) is 2.87. The average molecular weight is 263 g/mol. The Balaban J connectivity index is 2.13. The first kappa shape index (κ1) is 13.7. The van der Waals surface area contributed by atoms with Gasteiger partial charge in [-0.05, 0) is 25.0 Å². The number of benzene rings is 1. The minimum atomic E-state index is -0.229. The molecule has 1 aliphatic rings. The molecule has 0 radical (unpaired) electrons. The number of ether oxygens (including phenoxy) is 2. The van der Waals surface area contributed by atoms with Crippen molar-refractivity contribution in [2.45, 2.75) is 32.6 Å². The Morgan fingerprint density at radius 3 is 2.37 bits per heavy atom. The normalized spacial score (nSPS) is 17.0. The third-order valence-corrected chi connectivity index (χ3v) is 3.90. The number of hydrogen-bond donors (Lipinski definition) is 1. The van der Waals surface area contributed by atoms with E-state index < -0.39 is 0 Å². The first-order valence-electron chi connectivity index (χ1n) is 6.62. The zero-order chi connectivity index (χ0) is 13.9. The maximum Gasteiger partial charge on any atom is 0.230 e. The maximum atomic E-state index is 12.3. The maximum absolute atomic E-state index is 12.3. The lowest BCUT2D eigenvalue weighted by Gasteiger charge is -2.22. The van der Waals surface area contributed by atoms with Crippen molar-refractivity contribution in [1.82, 2.24) is 0 Å². The minimum absolute atomic E-state index is 0.0946. The van der Waals surface area contributed by atoms with Crippen molar-refractivity contribution in [3.05, 3.63) is 18.2 Å². The molecule has 1 aromatic rings. The summed E-state index contributed by atoms with van der Waals surface area (Å²) >= 11 is 0. The smallest absolute Gasteiger partial charge is 0.230 e. The van der Waals surface area contributed by atoms with Gasteiger partial charge in [-0.25, -0.2) is 0 Å². The Bertz CT molecular complexity index is 464. The molecule has 0 aliphatic heterocycles. The highest BCUT2D eigenvalue weighted by Crippen LogP contribution is 2.39. The van der Waals surface area contributed by atoms with Crippen LogP contribution in [0.4, 0.5) is 5.69 Å². The summed E-state index contributed by atoms with van der Waals surface area (Å²) in [4.78, 5) is 12.3. The van der Waals surface area contributed by atoms with Gasteiger partial charge in [0.1, 0.15) is 0 Å². The van der Waals surface area contributed by atoms with E-state index >= 15 is 0 Å². The summed E-state index contributed by atoms with van der Waals surface area (Å²) in [5.74, 6) is 1.38. The molecule has 0 unspecified atom stereocenters. The first-order valence-corrected chi connectivity index (χ1v) is 6.62. The predicted octanol–water partition coefficient (Wildman–Crippen LogP) is 3.22. The van der Waals surface area contributed by atoms with Gasteiger partial charge in [0.15, 0.2) is 11.5 Å². The molecule has 19 heavy (non-hydrogen) atoms. The Hall–Kier alpha value is -1.71. The van der Waals surface area contributed by atoms with E-state index in [-0.39, 0.29) is 11.3 Å². The molecule has 0 heterocycles. The summed E-state index contributed by atoms with van der Waals surface area (Å²) in [7, 11) is 3.18. The standard InChI is InChI=1S/C15H21NO3/c1-15(8-4-5-9-15)14(17)16-11-6-7-12(18-2)13(10-11)19-3/h6-7,10H,4-5,8-9H2,1-3H3,(H,16,17). The van der Waals surface area contributed by atoms with Crippen LogP contribution in [0.1, 0.15) is 32.6 Å². The van der Waals surface area contributed by atoms with Gasteiger partial charge in [0.2, 0.25) is 5.91 Å². The summed E-state index contributed by atoms with van der Waals surface area (Å²) in [6, 6.07) is 5.41. The molecular weight excluding hydrogens is 242 g/mol. The van der Waals surface area contributed by atoms with E-state index in [4.69, 9.17) is 9.47 Å². The molecule has 0 atom stereocenters. The summed E-state index contributed by atoms with van der Waals surface area (Å²) in [5.41, 5.74) is 0.517. The molecule has 1 aromatic carbocycles. The van der Waals surface area contributed by atoms with Crippen molar-refractivity contribution in [3.8, 4) is 11.5 Å². The van der Waals surface area contributed by atoms with Crippen LogP contribution in [0.15, 0.2) is 18.2 Å². The molecule has 0 spiro atoms. The molecular formula is C15H21NO3. The zero-order valence-corrected chi connectivity index (χ0v) is 11.8. The van der Waals surface area contributed by atoms with Gasteiger partial charge in [0.05, 0.1) is 14.2 Å². The lowest BCUT2D eigenvalue weighted by Crippen LogP contribution is -2.30. The van der Waals surface area contributed by atoms with E-state index in [0.29, 0.717) is 11.5 Å². The summed E-state index contributed by atoms with van der Waals surface area (Å²) < 4.78 is 10.4. The molecule has 1 N–H and O–H groups in total. The van der Waals surface area contributed by atoms with Crippen LogP contribution in [0.5, 0.6) is 11.5 Å².